The number of nitrogens with zero attached hydrogens (tertiary/aromatic N) is 9. The number of hydrogen-bond donors (Lipinski definition) is 5. The van der Waals surface area contributed by atoms with Crippen LogP contribution in [0.5, 0.6) is 0 Å². The number of benzene rings is 3. The van der Waals surface area contributed by atoms with Crippen LogP contribution < -0.4 is 26.6 Å². The van der Waals surface area contributed by atoms with Crippen molar-refractivity contribution in [2.24, 2.45) is 45.8 Å². The third-order valence-corrected chi connectivity index (χ3v) is 29.2. The average molecular weight is 1670 g/mol. The van der Waals surface area contributed by atoms with E-state index < -0.39 is 18.1 Å². The lowest BCUT2D eigenvalue weighted by Gasteiger charge is -2.26. The summed E-state index contributed by atoms with van der Waals surface area (Å²) in [4.78, 5) is 163. The highest BCUT2D eigenvalue weighted by molar-refractivity contribution is 6.09. The van der Waals surface area contributed by atoms with Crippen molar-refractivity contribution in [3.8, 4) is 0 Å². The minimum atomic E-state index is -0.483. The molecule has 3 aromatic carbocycles. The Hall–Kier alpha value is -9.49. The largest absolute Gasteiger partial charge is 0.388 e. The molecule has 5 N–H and O–H groups in total. The summed E-state index contributed by atoms with van der Waals surface area (Å²) >= 11 is 0. The molecule has 0 spiro atoms. The molecule has 6 amide bonds. The van der Waals surface area contributed by atoms with Crippen molar-refractivity contribution < 1.29 is 57.5 Å². The van der Waals surface area contributed by atoms with Crippen LogP contribution in [0.4, 0.5) is 11.4 Å². The van der Waals surface area contributed by atoms with Crippen LogP contribution in [0.1, 0.15) is 297 Å². The van der Waals surface area contributed by atoms with E-state index in [0.29, 0.717) is 87.1 Å². The zero-order valence-corrected chi connectivity index (χ0v) is 74.4. The molecule has 26 nitrogen and oxygen atoms in total. The molecule has 10 aliphatic rings. The molecular formula is C96H132N14O12. The minimum Gasteiger partial charge on any atom is -0.388 e. The molecule has 3 aromatic heterocycles. The van der Waals surface area contributed by atoms with Gasteiger partial charge in [0, 0.05) is 153 Å². The number of aryl methyl sites for hydroxylation is 3. The molecule has 3 saturated heterocycles. The number of anilines is 2. The average Bonchev–Trinajstić information content (AvgIpc) is 1.54. The first-order valence-corrected chi connectivity index (χ1v) is 46.3. The van der Waals surface area contributed by atoms with Crippen LogP contribution >= 0.6 is 0 Å². The van der Waals surface area contributed by atoms with Gasteiger partial charge in [0.05, 0.1) is 34.7 Å². The molecule has 4 saturated carbocycles. The van der Waals surface area contributed by atoms with Crippen molar-refractivity contribution in [3.05, 3.63) is 75.7 Å². The number of ketones is 6. The maximum absolute atomic E-state index is 14.1. The number of aromatic nitrogens is 6. The Bertz CT molecular complexity index is 5070. The second kappa shape index (κ2) is 37.1. The molecule has 6 bridgehead atoms. The summed E-state index contributed by atoms with van der Waals surface area (Å²) < 4.78 is 5.13. The molecule has 4 aliphatic carbocycles. The fourth-order valence-electron chi connectivity index (χ4n) is 21.9. The van der Waals surface area contributed by atoms with Crippen LogP contribution in [0.15, 0.2) is 36.4 Å². The standard InChI is InChI=1S/C35H49N5O4.C32H44N4O4.C29H39N5O4/c1-4-29(42)28-17-35-18-30(35)40(28)31(43)20-39-33-25(14-10-5-7-11-22(2)34(44)37-21-35)15-26(16-27(33)32(38-39)23(3)41)36-19-24-12-8-6-9-13-24;1-6-26(38)25-15-32-16-27(32)36(25)28(39)17-35-30-23(11-9-7-8-10-20(4)31(40)33-18-32)13-22(12-19(2)3)14-24(30)29(34-35)21(5)37;1-5-23(36)22-13-29-14-24(29)34(22)25(37)15-33-27-19(10-8-6-7-9-17(2)28(38)31-16-29)11-20(30-4)12-21(27)26(32-33)18(3)35/h15-16,22,24,28,30,36H,4-14,17-21H2,1-3H3,(H,37,44);13-14,19-20,25,27H,6-12,15-18H2,1-5H3,(H,33,40);11-12,17,22,24,30H,5-10,13-16H2,1-4H3,(H,31,38)/t22-,28+,30-,35+;20-,25+,27-,32+;17-,22+,24-,29+/m111/s1. The number of piperidine rings is 3. The molecule has 9 heterocycles. The van der Waals surface area contributed by atoms with E-state index in [4.69, 9.17) is 10.2 Å². The Morgan fingerprint density at radius 3 is 1.11 bits per heavy atom. The maximum Gasteiger partial charge on any atom is 0.245 e. The summed E-state index contributed by atoms with van der Waals surface area (Å²) in [5, 5.41) is 32.8. The quantitative estimate of drug-likeness (QED) is 0.0596. The molecule has 0 radical (unpaired) electrons. The Kier molecular flexibility index (Phi) is 27.0. The van der Waals surface area contributed by atoms with Crippen molar-refractivity contribution in [1.82, 2.24) is 60.0 Å². The van der Waals surface area contributed by atoms with Gasteiger partial charge in [0.1, 0.15) is 36.7 Å². The van der Waals surface area contributed by atoms with Crippen molar-refractivity contribution in [3.63, 3.8) is 0 Å². The van der Waals surface area contributed by atoms with Crippen molar-refractivity contribution >= 4 is 114 Å². The Labute approximate surface area is 718 Å². The van der Waals surface area contributed by atoms with E-state index in [1.54, 1.807) is 35.7 Å². The van der Waals surface area contributed by atoms with Gasteiger partial charge in [-0.2, -0.15) is 15.3 Å². The SMILES string of the molecule is CCC(=O)[C@@H]1C[C@]23CNC(=O)[C@H](C)CCCCCc4cc(CC(C)C)cc5c(C(C)=O)nn(c45)CC(=O)N1[C@@H]2C3.CCC(=O)[C@@H]1C[C@]23CNC(=O)[C@H](C)CCCCCc4cc(NC)cc5c(C(C)=O)nn(c45)CC(=O)N1[C@@H]2C3.CCC(=O)[C@@H]1C[C@]23CNC(=O)[C@H](C)CCCCCc4cc(NCC5CCCCC5)cc5c(C(C)=O)nn(c45)CC(=O)N1[C@@H]2C3. The lowest BCUT2D eigenvalue weighted by molar-refractivity contribution is -0.139. The molecule has 658 valence electrons. The Balaban J connectivity index is 0.000000150. The third-order valence-electron chi connectivity index (χ3n) is 29.2. The zero-order chi connectivity index (χ0) is 87.0. The second-order valence-corrected chi connectivity index (χ2v) is 38.6. The van der Waals surface area contributed by atoms with Gasteiger partial charge < -0.3 is 41.3 Å². The number of rotatable bonds is 15. The molecule has 122 heavy (non-hydrogen) atoms. The first-order chi connectivity index (χ1) is 58.4. The predicted molar refractivity (Wildman–Crippen MR) is 470 cm³/mol. The molecule has 16 rings (SSSR count). The highest BCUT2D eigenvalue weighted by Crippen LogP contribution is 2.62. The fourth-order valence-corrected chi connectivity index (χ4v) is 21.9. The lowest BCUT2D eigenvalue weighted by Crippen LogP contribution is -2.44. The van der Waals surface area contributed by atoms with Gasteiger partial charge in [0.2, 0.25) is 35.4 Å². The number of carbonyl (C=O) groups excluding carboxylic acids is 12. The normalized spacial score (nSPS) is 27.9. The van der Waals surface area contributed by atoms with Crippen LogP contribution in [0.25, 0.3) is 32.7 Å². The van der Waals surface area contributed by atoms with Crippen molar-refractivity contribution in [1.29, 1.82) is 0 Å². The molecule has 12 atom stereocenters. The van der Waals surface area contributed by atoms with Gasteiger partial charge in [-0.15, -0.1) is 0 Å². The molecule has 0 unspecified atom stereocenters. The topological polar surface area (TPSA) is 328 Å². The van der Waals surface area contributed by atoms with Crippen LogP contribution in [-0.2, 0) is 88.5 Å². The molecule has 7 fully saturated rings. The monoisotopic (exact) mass is 1670 g/mol. The van der Waals surface area contributed by atoms with Gasteiger partial charge in [-0.3, -0.25) is 71.6 Å². The molecule has 26 heteroatoms. The smallest absolute Gasteiger partial charge is 0.245 e. The summed E-state index contributed by atoms with van der Waals surface area (Å²) in [6, 6.07) is 10.9. The molecule has 6 aromatic rings. The second-order valence-electron chi connectivity index (χ2n) is 38.6. The van der Waals surface area contributed by atoms with E-state index in [-0.39, 0.29) is 142 Å². The summed E-state index contributed by atoms with van der Waals surface area (Å²) in [6.45, 7) is 22.8. The molecule has 6 aliphatic heterocycles. The van der Waals surface area contributed by atoms with Crippen LogP contribution in [0.3, 0.4) is 0 Å². The highest BCUT2D eigenvalue weighted by Gasteiger charge is 2.69. The summed E-state index contributed by atoms with van der Waals surface area (Å²) in [5.74, 6) is 0.416. The van der Waals surface area contributed by atoms with Gasteiger partial charge in [0.25, 0.3) is 0 Å². The van der Waals surface area contributed by atoms with E-state index in [0.717, 1.165) is 189 Å². The summed E-state index contributed by atoms with van der Waals surface area (Å²) in [6.07, 6.45) is 26.0. The third kappa shape index (κ3) is 18.5. The highest BCUT2D eigenvalue weighted by atomic mass is 16.2. The summed E-state index contributed by atoms with van der Waals surface area (Å²) in [5.41, 5.74) is 9.28. The van der Waals surface area contributed by atoms with Crippen LogP contribution in [0.2, 0.25) is 0 Å². The summed E-state index contributed by atoms with van der Waals surface area (Å²) in [7, 11) is 1.85. The zero-order valence-electron chi connectivity index (χ0n) is 74.4. The maximum atomic E-state index is 14.1. The van der Waals surface area contributed by atoms with Gasteiger partial charge in [-0.1, -0.05) is 119 Å². The van der Waals surface area contributed by atoms with E-state index in [9.17, 15) is 57.5 Å². The van der Waals surface area contributed by atoms with Gasteiger partial charge >= 0.3 is 0 Å². The van der Waals surface area contributed by atoms with E-state index >= 15 is 0 Å². The Morgan fingerprint density at radius 2 is 0.762 bits per heavy atom. The minimum absolute atomic E-state index is 0.0101. The van der Waals surface area contributed by atoms with Crippen LogP contribution in [-0.4, -0.2) is 184 Å². The number of amides is 6. The number of Topliss-reactive ketones (excluding diaryl/α,β-unsaturated/α-hetero) is 6. The van der Waals surface area contributed by atoms with Gasteiger partial charge in [0.15, 0.2) is 34.7 Å². The van der Waals surface area contributed by atoms with E-state index in [1.807, 2.05) is 60.7 Å². The van der Waals surface area contributed by atoms with Crippen molar-refractivity contribution in [2.45, 2.75) is 325 Å². The Morgan fingerprint density at radius 1 is 0.434 bits per heavy atom. The fraction of sp³-hybridized carbons (Fsp3) is 0.656. The molecular weight excluding hydrogens is 1540 g/mol. The first-order valence-electron chi connectivity index (χ1n) is 46.3. The lowest BCUT2D eigenvalue weighted by atomic mass is 9.89. The van der Waals surface area contributed by atoms with Crippen molar-refractivity contribution in [2.75, 3.05) is 43.9 Å². The number of nitrogens with one attached hydrogen (secondary N) is 5. The van der Waals surface area contributed by atoms with Crippen LogP contribution in [0, 0.1) is 45.8 Å². The van der Waals surface area contributed by atoms with E-state index in [1.165, 1.54) is 51.5 Å². The van der Waals surface area contributed by atoms with Gasteiger partial charge in [-0.05, 0) is 180 Å². The van der Waals surface area contributed by atoms with E-state index in [2.05, 4.69) is 69.8 Å². The number of hydrogen-bond acceptors (Lipinski definition) is 17. The first kappa shape index (κ1) is 88.8. The number of carbonyl (C=O) groups is 12. The predicted octanol–water partition coefficient (Wildman–Crippen LogP) is 13.6. The van der Waals surface area contributed by atoms with Gasteiger partial charge in [-0.25, -0.2) is 0 Å².